The first-order chi connectivity index (χ1) is 12.6. The van der Waals surface area contributed by atoms with Crippen LogP contribution < -0.4 is 5.32 Å². The van der Waals surface area contributed by atoms with E-state index in [9.17, 15) is 8.78 Å². The van der Waals surface area contributed by atoms with Gasteiger partial charge < -0.3 is 5.32 Å². The van der Waals surface area contributed by atoms with E-state index in [-0.39, 0.29) is 0 Å². The Balaban J connectivity index is 1.87. The molecule has 0 fully saturated rings. The van der Waals surface area contributed by atoms with Crippen molar-refractivity contribution in [1.82, 2.24) is 19.9 Å². The van der Waals surface area contributed by atoms with Crippen molar-refractivity contribution in [3.8, 4) is 11.5 Å². The third kappa shape index (κ3) is 3.16. The maximum Gasteiger partial charge on any atom is 0.182 e. The largest absolute Gasteiger partial charge is 0.340 e. The molecule has 1 N–H and O–H groups in total. The van der Waals surface area contributed by atoms with E-state index in [0.717, 1.165) is 12.1 Å². The van der Waals surface area contributed by atoms with Crippen molar-refractivity contribution < 1.29 is 8.78 Å². The van der Waals surface area contributed by atoms with Gasteiger partial charge >= 0.3 is 0 Å². The van der Waals surface area contributed by atoms with E-state index >= 15 is 0 Å². The molecule has 0 spiro atoms. The van der Waals surface area contributed by atoms with E-state index in [2.05, 4.69) is 25.3 Å². The van der Waals surface area contributed by atoms with Gasteiger partial charge in [-0.2, -0.15) is 0 Å². The Bertz CT molecular complexity index is 1110. The van der Waals surface area contributed by atoms with Crippen LogP contribution in [0.15, 0.2) is 55.0 Å². The smallest absolute Gasteiger partial charge is 0.182 e. The highest BCUT2D eigenvalue weighted by atomic mass is 35.5. The van der Waals surface area contributed by atoms with Crippen molar-refractivity contribution in [2.45, 2.75) is 0 Å². The zero-order chi connectivity index (χ0) is 18.1. The monoisotopic (exact) mass is 369 g/mol. The van der Waals surface area contributed by atoms with Crippen LogP contribution in [0.5, 0.6) is 0 Å². The number of fused-ring (bicyclic) bond motifs is 1. The van der Waals surface area contributed by atoms with Crippen LogP contribution in [0.2, 0.25) is 5.02 Å². The van der Waals surface area contributed by atoms with Crippen LogP contribution in [0, 0.1) is 11.6 Å². The fourth-order valence-corrected chi connectivity index (χ4v) is 2.60. The zero-order valence-electron chi connectivity index (χ0n) is 13.1. The summed E-state index contributed by atoms with van der Waals surface area (Å²) in [7, 11) is 0. The summed E-state index contributed by atoms with van der Waals surface area (Å²) in [5.74, 6) is -1.13. The molecule has 2 aromatic carbocycles. The van der Waals surface area contributed by atoms with Crippen LogP contribution in [0.1, 0.15) is 0 Å². The topological polar surface area (TPSA) is 63.6 Å². The number of nitrogens with one attached hydrogen (secondary N) is 1. The van der Waals surface area contributed by atoms with Gasteiger partial charge in [0.1, 0.15) is 11.5 Å². The number of hydrogen-bond acceptors (Lipinski definition) is 5. The molecule has 0 atom stereocenters. The van der Waals surface area contributed by atoms with Crippen molar-refractivity contribution in [1.29, 1.82) is 0 Å². The molecular weight excluding hydrogens is 360 g/mol. The second-order valence-corrected chi connectivity index (χ2v) is 5.84. The summed E-state index contributed by atoms with van der Waals surface area (Å²) in [4.78, 5) is 17.1. The quantitative estimate of drug-likeness (QED) is 0.564. The Labute approximate surface area is 151 Å². The maximum atomic E-state index is 13.5. The van der Waals surface area contributed by atoms with Crippen molar-refractivity contribution in [3.05, 3.63) is 71.6 Å². The molecule has 2 aromatic heterocycles. The van der Waals surface area contributed by atoms with E-state index in [1.165, 1.54) is 18.5 Å². The highest BCUT2D eigenvalue weighted by Gasteiger charge is 2.12. The summed E-state index contributed by atoms with van der Waals surface area (Å²) in [6.45, 7) is 0. The van der Waals surface area contributed by atoms with Crippen LogP contribution in [0.3, 0.4) is 0 Å². The minimum Gasteiger partial charge on any atom is -0.340 e. The molecule has 0 aliphatic heterocycles. The molecule has 0 aliphatic carbocycles. The number of anilines is 2. The molecule has 8 heteroatoms. The number of aromatic nitrogens is 4. The van der Waals surface area contributed by atoms with Crippen LogP contribution >= 0.6 is 11.6 Å². The van der Waals surface area contributed by atoms with Gasteiger partial charge in [-0.25, -0.2) is 23.7 Å². The van der Waals surface area contributed by atoms with E-state index in [0.29, 0.717) is 38.9 Å². The molecular formula is C18H10ClF2N5. The predicted molar refractivity (Wildman–Crippen MR) is 95.2 cm³/mol. The van der Waals surface area contributed by atoms with Gasteiger partial charge in [0.15, 0.2) is 17.5 Å². The van der Waals surface area contributed by atoms with E-state index in [1.54, 1.807) is 24.4 Å². The first-order valence-corrected chi connectivity index (χ1v) is 7.94. The SMILES string of the molecule is Fc1ccc(Nc2nc(-c3cnccn3)nc3cc(Cl)ccc23)cc1F. The molecule has 0 saturated heterocycles. The molecule has 4 rings (SSSR count). The number of hydrogen-bond donors (Lipinski definition) is 1. The standard InChI is InChI=1S/C18H10ClF2N5/c19-10-1-3-12-15(7-10)25-18(16-9-22-5-6-23-16)26-17(12)24-11-2-4-13(20)14(21)8-11/h1-9H,(H,24,25,26). The lowest BCUT2D eigenvalue weighted by Crippen LogP contribution is -2.01. The lowest BCUT2D eigenvalue weighted by molar-refractivity contribution is 0.509. The molecule has 0 radical (unpaired) electrons. The normalized spacial score (nSPS) is 10.9. The van der Waals surface area contributed by atoms with Crippen molar-refractivity contribution in [2.75, 3.05) is 5.32 Å². The number of rotatable bonds is 3. The summed E-state index contributed by atoms with van der Waals surface area (Å²) < 4.78 is 26.7. The fraction of sp³-hybridized carbons (Fsp3) is 0. The third-order valence-corrected chi connectivity index (χ3v) is 3.87. The number of benzene rings is 2. The molecule has 128 valence electrons. The first-order valence-electron chi connectivity index (χ1n) is 7.56. The lowest BCUT2D eigenvalue weighted by atomic mass is 10.2. The Hall–Kier alpha value is -3.19. The third-order valence-electron chi connectivity index (χ3n) is 3.63. The molecule has 26 heavy (non-hydrogen) atoms. The van der Waals surface area contributed by atoms with Gasteiger partial charge in [0.05, 0.1) is 11.7 Å². The Kier molecular flexibility index (Phi) is 4.14. The van der Waals surface area contributed by atoms with Crippen LogP contribution in [-0.2, 0) is 0 Å². The maximum absolute atomic E-state index is 13.5. The van der Waals surface area contributed by atoms with E-state index in [4.69, 9.17) is 11.6 Å². The summed E-state index contributed by atoms with van der Waals surface area (Å²) in [6.07, 6.45) is 4.61. The molecule has 0 aliphatic rings. The van der Waals surface area contributed by atoms with E-state index in [1.807, 2.05) is 0 Å². The van der Waals surface area contributed by atoms with Gasteiger partial charge in [-0.05, 0) is 30.3 Å². The van der Waals surface area contributed by atoms with E-state index < -0.39 is 11.6 Å². The summed E-state index contributed by atoms with van der Waals surface area (Å²) >= 11 is 6.07. The molecule has 0 amide bonds. The molecule has 2 heterocycles. The van der Waals surface area contributed by atoms with Crippen LogP contribution in [0.25, 0.3) is 22.4 Å². The minimum atomic E-state index is -0.953. The Morgan fingerprint density at radius 2 is 1.81 bits per heavy atom. The van der Waals surface area contributed by atoms with Crippen LogP contribution in [0.4, 0.5) is 20.3 Å². The summed E-state index contributed by atoms with van der Waals surface area (Å²) in [6, 6.07) is 8.66. The van der Waals surface area contributed by atoms with Crippen molar-refractivity contribution in [3.63, 3.8) is 0 Å². The molecule has 0 saturated carbocycles. The van der Waals surface area contributed by atoms with Gasteiger partial charge in [0, 0.05) is 34.6 Å². The average molecular weight is 370 g/mol. The Morgan fingerprint density at radius 1 is 0.923 bits per heavy atom. The molecule has 5 nitrogen and oxygen atoms in total. The Morgan fingerprint density at radius 3 is 2.58 bits per heavy atom. The summed E-state index contributed by atoms with van der Waals surface area (Å²) in [5.41, 5.74) is 1.41. The second kappa shape index (κ2) is 6.61. The van der Waals surface area contributed by atoms with Crippen molar-refractivity contribution >= 4 is 34.0 Å². The van der Waals surface area contributed by atoms with Gasteiger partial charge in [0.25, 0.3) is 0 Å². The average Bonchev–Trinajstić information content (AvgIpc) is 2.65. The predicted octanol–water partition coefficient (Wildman–Crippen LogP) is 4.76. The van der Waals surface area contributed by atoms with Crippen molar-refractivity contribution in [2.24, 2.45) is 0 Å². The van der Waals surface area contributed by atoms with Gasteiger partial charge in [-0.1, -0.05) is 11.6 Å². The van der Waals surface area contributed by atoms with Gasteiger partial charge in [-0.3, -0.25) is 4.98 Å². The van der Waals surface area contributed by atoms with Crippen LogP contribution in [-0.4, -0.2) is 19.9 Å². The molecule has 4 aromatic rings. The molecule has 0 unspecified atom stereocenters. The highest BCUT2D eigenvalue weighted by molar-refractivity contribution is 6.31. The number of halogens is 3. The zero-order valence-corrected chi connectivity index (χ0v) is 13.9. The minimum absolute atomic E-state index is 0.331. The number of nitrogens with zero attached hydrogens (tertiary/aromatic N) is 4. The highest BCUT2D eigenvalue weighted by Crippen LogP contribution is 2.28. The summed E-state index contributed by atoms with van der Waals surface area (Å²) in [5, 5.41) is 4.18. The lowest BCUT2D eigenvalue weighted by Gasteiger charge is -2.11. The first kappa shape index (κ1) is 16.3. The molecule has 0 bridgehead atoms. The van der Waals surface area contributed by atoms with Gasteiger partial charge in [-0.15, -0.1) is 0 Å². The fourth-order valence-electron chi connectivity index (χ4n) is 2.44. The second-order valence-electron chi connectivity index (χ2n) is 5.40. The van der Waals surface area contributed by atoms with Gasteiger partial charge in [0.2, 0.25) is 0 Å².